The monoisotopic (exact) mass is 1790 g/mol. The fourth-order valence-electron chi connectivity index (χ4n) is 13.7. The summed E-state index contributed by atoms with van der Waals surface area (Å²) in [6.45, 7) is 21.9. The summed E-state index contributed by atoms with van der Waals surface area (Å²) in [5.41, 5.74) is 17.5. The highest BCUT2D eigenvalue weighted by Gasteiger charge is 2.18. The predicted molar refractivity (Wildman–Crippen MR) is 521 cm³/mol. The topological polar surface area (TPSA) is 257 Å². The van der Waals surface area contributed by atoms with Gasteiger partial charge in [-0.3, -0.25) is 36.4 Å². The number of H-pyrrole nitrogens is 3. The SMILES string of the molecule is Cc1cc2cc(C(=N)N(C)C)ccc2[nH]1.Cc1cc2cc(C(=N)N(C)C)ccc2s1.Cc1cc2cc(C3=NCCN3C)ccc2[nH]1.Cc1cc2cc(C3=NCCN3C)ccc2s1.Cc1cc2cc(Cl)ccc2[nH]1.Cc1cc2cc(Cl)ccc2s1.Cc1ccc(-c2cc[n+](O)cc2)cc1F.Cc1cnc(-c2cc[n+](O)cc2)nc1.Cc1ncc(-c2cc[n+](O)cc2)cn1. The number of aryl methyl sites for hydroxylation is 9. The smallest absolute Gasteiger partial charge is 0.222 e. The summed E-state index contributed by atoms with van der Waals surface area (Å²) in [5, 5.41) is 51.9. The van der Waals surface area contributed by atoms with E-state index in [9.17, 15) is 4.39 Å². The number of halogens is 3. The van der Waals surface area contributed by atoms with E-state index < -0.39 is 0 Å². The second-order valence-corrected chi connectivity index (χ2v) is 35.9. The average Bonchev–Trinajstić information content (AvgIpc) is 1.67. The third kappa shape index (κ3) is 25.6. The van der Waals surface area contributed by atoms with Gasteiger partial charge in [-0.2, -0.15) is 0 Å². The Labute approximate surface area is 761 Å². The molecule has 0 bridgehead atoms. The highest BCUT2D eigenvalue weighted by molar-refractivity contribution is 7.19. The number of aliphatic imine (C=N–C) groups is 2. The van der Waals surface area contributed by atoms with Gasteiger partial charge in [0, 0.05) is 253 Å². The molecule has 0 amide bonds. The Balaban J connectivity index is 0.000000130. The normalized spacial score (nSPS) is 11.8. The first-order chi connectivity index (χ1) is 60.8. The molecule has 7 aromatic carbocycles. The number of hydrogen-bond acceptors (Lipinski definition) is 16. The highest BCUT2D eigenvalue weighted by Crippen LogP contribution is 2.31. The van der Waals surface area contributed by atoms with Crippen LogP contribution in [0.2, 0.25) is 10.0 Å². The van der Waals surface area contributed by atoms with Crippen LogP contribution in [-0.2, 0) is 0 Å². The van der Waals surface area contributed by atoms with Gasteiger partial charge in [0.2, 0.25) is 37.2 Å². The van der Waals surface area contributed by atoms with E-state index in [1.54, 1.807) is 127 Å². The summed E-state index contributed by atoms with van der Waals surface area (Å²) in [5.74, 6) is 4.54. The minimum absolute atomic E-state index is 0.215. The average molecular weight is 1790 g/mol. The van der Waals surface area contributed by atoms with Crippen LogP contribution in [0.3, 0.4) is 0 Å². The molecular formula is C100H104Cl2FN18O3S3+3. The van der Waals surface area contributed by atoms with Crippen LogP contribution >= 0.6 is 57.2 Å². The van der Waals surface area contributed by atoms with Crippen molar-refractivity contribution in [3.05, 3.63) is 349 Å². The van der Waals surface area contributed by atoms with Crippen LogP contribution in [0.15, 0.2) is 272 Å². The lowest BCUT2D eigenvalue weighted by Crippen LogP contribution is -2.27. The molecule has 127 heavy (non-hydrogen) atoms. The molecule has 18 aromatic rings. The molecule has 648 valence electrons. The van der Waals surface area contributed by atoms with Gasteiger partial charge in [-0.25, -0.2) is 24.3 Å². The van der Waals surface area contributed by atoms with E-state index in [2.05, 4.69) is 187 Å². The van der Waals surface area contributed by atoms with E-state index in [4.69, 9.17) is 49.6 Å². The van der Waals surface area contributed by atoms with Gasteiger partial charge >= 0.3 is 0 Å². The van der Waals surface area contributed by atoms with Gasteiger partial charge in [0.25, 0.3) is 0 Å². The number of hydrogen-bond donors (Lipinski definition) is 8. The lowest BCUT2D eigenvalue weighted by atomic mass is 10.1. The Kier molecular flexibility index (Phi) is 31.3. The maximum Gasteiger partial charge on any atom is 0.222 e. The van der Waals surface area contributed by atoms with Crippen LogP contribution in [0.4, 0.5) is 4.39 Å². The van der Waals surface area contributed by atoms with Crippen molar-refractivity contribution in [3.8, 4) is 33.6 Å². The van der Waals surface area contributed by atoms with Crippen molar-refractivity contribution in [2.75, 3.05) is 68.5 Å². The van der Waals surface area contributed by atoms with E-state index in [-0.39, 0.29) is 5.82 Å². The molecule has 0 spiro atoms. The highest BCUT2D eigenvalue weighted by atomic mass is 35.5. The summed E-state index contributed by atoms with van der Waals surface area (Å²) in [6.07, 6.45) is 16.3. The summed E-state index contributed by atoms with van der Waals surface area (Å²) < 4.78 is 20.2. The second kappa shape index (κ2) is 42.9. The molecule has 2 aliphatic rings. The summed E-state index contributed by atoms with van der Waals surface area (Å²) in [4.78, 5) is 47.5. The summed E-state index contributed by atoms with van der Waals surface area (Å²) in [6, 6.07) is 65.8. The van der Waals surface area contributed by atoms with Crippen molar-refractivity contribution >= 4 is 144 Å². The first-order valence-corrected chi connectivity index (χ1v) is 44.1. The molecule has 0 radical (unpaired) electrons. The van der Waals surface area contributed by atoms with Crippen LogP contribution in [-0.4, -0.2) is 162 Å². The van der Waals surface area contributed by atoms with Gasteiger partial charge in [0.15, 0.2) is 5.82 Å². The van der Waals surface area contributed by atoms with Crippen LogP contribution < -0.4 is 14.2 Å². The minimum atomic E-state index is -0.215. The Bertz CT molecular complexity index is 6430. The molecule has 0 saturated heterocycles. The van der Waals surface area contributed by atoms with Crippen LogP contribution in [0.25, 0.3) is 96.6 Å². The zero-order valence-electron chi connectivity index (χ0n) is 73.7. The number of pyridine rings is 3. The molecule has 2 aliphatic heterocycles. The number of amidine groups is 4. The van der Waals surface area contributed by atoms with Gasteiger partial charge in [-0.1, -0.05) is 35.3 Å². The molecular weight excluding hydrogens is 1690 g/mol. The number of nitrogens with one attached hydrogen (secondary N) is 5. The van der Waals surface area contributed by atoms with Crippen molar-refractivity contribution in [2.45, 2.75) is 62.3 Å². The largest absolute Gasteiger partial charge is 0.363 e. The fraction of sp³-hybridized carbons (Fsp3) is 0.190. The third-order valence-electron chi connectivity index (χ3n) is 20.3. The number of nitrogens with zero attached hydrogens (tertiary/aromatic N) is 13. The molecule has 0 aliphatic carbocycles. The van der Waals surface area contributed by atoms with E-state index in [1.165, 1.54) is 102 Å². The standard InChI is InChI=1S/C13H15N3.C13H14N2S.C12H11FNO.C12H15N3.C12H14N2S.2C10H10N3O.C9H8ClN.C9H7ClS/c1-9-7-11-8-10(3-4-12(11)15-9)13-14-5-6-16(13)2;1-9-7-11-8-10(3-4-12(11)16-9)13-14-5-6-15(13)2;1-9-2-3-11(8-12(9)13)10-4-6-14(15)7-5-10;1-8-6-10-7-9(12(13)15(2)3)4-5-11(10)14-8;1-8-6-10-7-9(12(13)14(2)3)4-5-11(10)15-8;1-8-11-6-10(7-12-8)9-2-4-13(14)5-3-9;1-8-6-11-10(12-7-8)9-2-4-13(14)5-3-9;2*1-6-4-7-5-8(10)2-3-9(7)11-6/h3-4,7-8,15H,5-6H2,1-2H3;3-4,7-8H,5-6H2,1-2H3;2-8,15H,1H3;4-7,13-14H,1-3H3;4-7,13H,1-3H3;2*2-7,14H,1H3;2-5,11H,1H3;2-5H,1H3/q;;+1;;;2*+1;;. The molecule has 13 heterocycles. The molecule has 0 fully saturated rings. The van der Waals surface area contributed by atoms with Gasteiger partial charge in [-0.05, 0) is 258 Å². The van der Waals surface area contributed by atoms with Crippen molar-refractivity contribution in [2.24, 2.45) is 9.98 Å². The number of likely N-dealkylation sites (N-methyl/N-ethyl adjacent to an activating group) is 2. The number of aromatic nitrogens is 10. The van der Waals surface area contributed by atoms with Gasteiger partial charge in [-0.15, -0.1) is 34.0 Å². The molecule has 0 saturated carbocycles. The Morgan fingerprint density at radius 2 is 0.756 bits per heavy atom. The first-order valence-electron chi connectivity index (χ1n) is 40.9. The Hall–Kier alpha value is -13.6. The van der Waals surface area contributed by atoms with E-state index in [0.29, 0.717) is 23.1 Å². The van der Waals surface area contributed by atoms with E-state index >= 15 is 0 Å². The molecule has 27 heteroatoms. The molecule has 0 unspecified atom stereocenters. The first kappa shape index (κ1) is 92.6. The zero-order valence-corrected chi connectivity index (χ0v) is 77.6. The molecule has 20 rings (SSSR count). The zero-order chi connectivity index (χ0) is 90.7. The van der Waals surface area contributed by atoms with Crippen molar-refractivity contribution in [1.82, 2.24) is 54.5 Å². The van der Waals surface area contributed by atoms with E-state index in [1.807, 2.05) is 133 Å². The van der Waals surface area contributed by atoms with Crippen molar-refractivity contribution in [1.29, 1.82) is 10.8 Å². The number of aromatic amines is 3. The Morgan fingerprint density at radius 3 is 1.22 bits per heavy atom. The summed E-state index contributed by atoms with van der Waals surface area (Å²) in [7, 11) is 11.8. The molecule has 11 aromatic heterocycles. The lowest BCUT2D eigenvalue weighted by Gasteiger charge is -2.13. The Morgan fingerprint density at radius 1 is 0.394 bits per heavy atom. The maximum atomic E-state index is 13.3. The number of thiophene rings is 3. The molecule has 0 atom stereocenters. The lowest BCUT2D eigenvalue weighted by molar-refractivity contribution is -0.904. The van der Waals surface area contributed by atoms with Crippen LogP contribution in [0, 0.1) is 78.9 Å². The van der Waals surface area contributed by atoms with Crippen molar-refractivity contribution < 1.29 is 34.2 Å². The van der Waals surface area contributed by atoms with Crippen LogP contribution in [0.1, 0.15) is 70.9 Å². The second-order valence-electron chi connectivity index (χ2n) is 31.2. The maximum absolute atomic E-state index is 13.3. The quantitative estimate of drug-likeness (QED) is 0.0322. The minimum Gasteiger partial charge on any atom is -0.363 e. The molecule has 8 N–H and O–H groups in total. The van der Waals surface area contributed by atoms with Gasteiger partial charge in [0.1, 0.15) is 35.0 Å². The number of benzene rings is 7. The predicted octanol–water partition coefficient (Wildman–Crippen LogP) is 21.8. The van der Waals surface area contributed by atoms with Gasteiger partial charge < -0.3 is 34.6 Å². The van der Waals surface area contributed by atoms with Crippen LogP contribution in [0.5, 0.6) is 0 Å². The molecule has 21 nitrogen and oxygen atoms in total. The number of rotatable bonds is 7. The third-order valence-corrected chi connectivity index (χ3v) is 23.8. The summed E-state index contributed by atoms with van der Waals surface area (Å²) >= 11 is 17.1. The van der Waals surface area contributed by atoms with E-state index in [0.717, 1.165) is 135 Å². The van der Waals surface area contributed by atoms with Gasteiger partial charge in [0.05, 0.1) is 13.1 Å². The van der Waals surface area contributed by atoms with Crippen molar-refractivity contribution in [3.63, 3.8) is 0 Å². The fourth-order valence-corrected chi connectivity index (χ4v) is 16.8. The number of fused-ring (bicyclic) bond motifs is 6.